The third-order valence-electron chi connectivity index (χ3n) is 4.62. The summed E-state index contributed by atoms with van der Waals surface area (Å²) in [7, 11) is 0. The number of rotatable bonds is 4. The molecular weight excluding hydrogens is 286 g/mol. The van der Waals surface area contributed by atoms with Gasteiger partial charge in [-0.05, 0) is 45.1 Å². The van der Waals surface area contributed by atoms with E-state index in [1.54, 1.807) is 0 Å². The molecule has 1 aromatic carbocycles. The lowest BCUT2D eigenvalue weighted by molar-refractivity contribution is 0.0786. The van der Waals surface area contributed by atoms with Gasteiger partial charge < -0.3 is 4.90 Å². The molecule has 4 nitrogen and oxygen atoms in total. The number of aromatic nitrogens is 2. The number of carbonyl (C=O) groups is 1. The minimum atomic E-state index is 0.130. The third-order valence-corrected chi connectivity index (χ3v) is 4.62. The number of hydrogen-bond acceptors (Lipinski definition) is 2. The molecule has 1 saturated heterocycles. The highest BCUT2D eigenvalue weighted by molar-refractivity contribution is 5.95. The van der Waals surface area contributed by atoms with Crippen LogP contribution < -0.4 is 0 Å². The molecule has 2 aromatic rings. The van der Waals surface area contributed by atoms with E-state index >= 15 is 0 Å². The molecule has 1 aromatic heterocycles. The van der Waals surface area contributed by atoms with Gasteiger partial charge in [-0.1, -0.05) is 30.3 Å². The molecule has 23 heavy (non-hydrogen) atoms. The molecule has 0 bridgehead atoms. The SMILES string of the molecule is Cc1nn(C(C)C)cc1C(=O)N1CCC(Cc2ccccc2)C1. The molecule has 1 aliphatic heterocycles. The second-order valence-electron chi connectivity index (χ2n) is 6.80. The number of hydrogen-bond donors (Lipinski definition) is 0. The highest BCUT2D eigenvalue weighted by Gasteiger charge is 2.28. The standard InChI is InChI=1S/C19H25N3O/c1-14(2)22-13-18(15(3)20-22)19(23)21-10-9-17(12-21)11-16-7-5-4-6-8-16/h4-8,13-14,17H,9-12H2,1-3H3. The number of aryl methyl sites for hydroxylation is 1. The van der Waals surface area contributed by atoms with Crippen LogP contribution in [0.1, 0.15) is 47.9 Å². The van der Waals surface area contributed by atoms with Gasteiger partial charge in [-0.2, -0.15) is 5.10 Å². The van der Waals surface area contributed by atoms with Gasteiger partial charge in [0.05, 0.1) is 11.3 Å². The fraction of sp³-hybridized carbons (Fsp3) is 0.474. The summed E-state index contributed by atoms with van der Waals surface area (Å²) in [6, 6.07) is 10.8. The van der Waals surface area contributed by atoms with Crippen molar-refractivity contribution < 1.29 is 4.79 Å². The van der Waals surface area contributed by atoms with Crippen molar-refractivity contribution in [3.63, 3.8) is 0 Å². The summed E-state index contributed by atoms with van der Waals surface area (Å²) in [5.74, 6) is 0.687. The fourth-order valence-electron chi connectivity index (χ4n) is 3.26. The van der Waals surface area contributed by atoms with Crippen molar-refractivity contribution in [1.82, 2.24) is 14.7 Å². The van der Waals surface area contributed by atoms with Gasteiger partial charge in [-0.15, -0.1) is 0 Å². The predicted molar refractivity (Wildman–Crippen MR) is 91.5 cm³/mol. The Morgan fingerprint density at radius 2 is 2.04 bits per heavy atom. The van der Waals surface area contributed by atoms with Crippen LogP contribution in [0.25, 0.3) is 0 Å². The minimum absolute atomic E-state index is 0.130. The molecule has 0 radical (unpaired) electrons. The lowest BCUT2D eigenvalue weighted by Crippen LogP contribution is -2.29. The van der Waals surface area contributed by atoms with Gasteiger partial charge in [-0.3, -0.25) is 9.48 Å². The highest BCUT2D eigenvalue weighted by atomic mass is 16.2. The zero-order valence-corrected chi connectivity index (χ0v) is 14.2. The first-order valence-electron chi connectivity index (χ1n) is 8.43. The van der Waals surface area contributed by atoms with E-state index in [0.717, 1.165) is 37.2 Å². The van der Waals surface area contributed by atoms with Crippen LogP contribution in [0, 0.1) is 12.8 Å². The van der Waals surface area contributed by atoms with Gasteiger partial charge in [0.1, 0.15) is 0 Å². The van der Waals surface area contributed by atoms with Crippen LogP contribution in [-0.4, -0.2) is 33.7 Å². The molecule has 0 saturated carbocycles. The summed E-state index contributed by atoms with van der Waals surface area (Å²) in [6.45, 7) is 7.77. The van der Waals surface area contributed by atoms with E-state index in [0.29, 0.717) is 5.92 Å². The average Bonchev–Trinajstić information content (AvgIpc) is 3.14. The summed E-state index contributed by atoms with van der Waals surface area (Å²) in [5, 5.41) is 4.46. The van der Waals surface area contributed by atoms with E-state index in [9.17, 15) is 4.79 Å². The monoisotopic (exact) mass is 311 g/mol. The number of benzene rings is 1. The Hall–Kier alpha value is -2.10. The Bertz CT molecular complexity index is 675. The molecule has 1 amide bonds. The molecule has 4 heteroatoms. The summed E-state index contributed by atoms with van der Waals surface area (Å²) in [4.78, 5) is 14.8. The molecule has 0 N–H and O–H groups in total. The number of carbonyl (C=O) groups excluding carboxylic acids is 1. The largest absolute Gasteiger partial charge is 0.338 e. The summed E-state index contributed by atoms with van der Waals surface area (Å²) in [5.41, 5.74) is 2.94. The Balaban J connectivity index is 1.65. The van der Waals surface area contributed by atoms with Gasteiger partial charge in [0.2, 0.25) is 0 Å². The summed E-state index contributed by atoms with van der Waals surface area (Å²) in [6.07, 6.45) is 4.03. The topological polar surface area (TPSA) is 38.1 Å². The van der Waals surface area contributed by atoms with Crippen LogP contribution in [-0.2, 0) is 6.42 Å². The first-order chi connectivity index (χ1) is 11.0. The maximum absolute atomic E-state index is 12.8. The first kappa shape index (κ1) is 15.8. The smallest absolute Gasteiger partial charge is 0.257 e. The van der Waals surface area contributed by atoms with Crippen molar-refractivity contribution in [2.45, 2.75) is 39.7 Å². The predicted octanol–water partition coefficient (Wildman–Crippen LogP) is 3.48. The van der Waals surface area contributed by atoms with Gasteiger partial charge >= 0.3 is 0 Å². The maximum Gasteiger partial charge on any atom is 0.257 e. The van der Waals surface area contributed by atoms with Gasteiger partial charge in [0.25, 0.3) is 5.91 Å². The molecule has 0 aliphatic carbocycles. The van der Waals surface area contributed by atoms with Crippen LogP contribution in [0.3, 0.4) is 0 Å². The van der Waals surface area contributed by atoms with E-state index < -0.39 is 0 Å². The van der Waals surface area contributed by atoms with Crippen molar-refractivity contribution in [3.05, 3.63) is 53.3 Å². The molecule has 1 unspecified atom stereocenters. The summed E-state index contributed by atoms with van der Waals surface area (Å²) >= 11 is 0. The van der Waals surface area contributed by atoms with Crippen LogP contribution in [0.2, 0.25) is 0 Å². The number of amides is 1. The maximum atomic E-state index is 12.8. The van der Waals surface area contributed by atoms with Crippen LogP contribution >= 0.6 is 0 Å². The van der Waals surface area contributed by atoms with Crippen LogP contribution in [0.4, 0.5) is 0 Å². The molecule has 1 aliphatic rings. The Morgan fingerprint density at radius 3 is 2.70 bits per heavy atom. The van der Waals surface area contributed by atoms with Gasteiger partial charge in [0.15, 0.2) is 0 Å². The zero-order chi connectivity index (χ0) is 16.4. The molecule has 0 spiro atoms. The molecule has 3 rings (SSSR count). The van der Waals surface area contributed by atoms with Crippen molar-refractivity contribution in [1.29, 1.82) is 0 Å². The Labute approximate surface area is 138 Å². The lowest BCUT2D eigenvalue weighted by atomic mass is 9.99. The molecule has 1 fully saturated rings. The normalized spacial score (nSPS) is 17.9. The van der Waals surface area contributed by atoms with Gasteiger partial charge in [-0.25, -0.2) is 0 Å². The van der Waals surface area contributed by atoms with E-state index in [4.69, 9.17) is 0 Å². The third kappa shape index (κ3) is 3.46. The van der Waals surface area contributed by atoms with Crippen molar-refractivity contribution >= 4 is 5.91 Å². The molecule has 1 atom stereocenters. The first-order valence-corrected chi connectivity index (χ1v) is 8.43. The van der Waals surface area contributed by atoms with Crippen molar-refractivity contribution in [2.75, 3.05) is 13.1 Å². The second kappa shape index (κ2) is 6.57. The van der Waals surface area contributed by atoms with Crippen molar-refractivity contribution in [3.8, 4) is 0 Å². The number of likely N-dealkylation sites (tertiary alicyclic amines) is 1. The fourth-order valence-corrected chi connectivity index (χ4v) is 3.26. The molecule has 2 heterocycles. The Kier molecular flexibility index (Phi) is 4.51. The van der Waals surface area contributed by atoms with E-state index in [2.05, 4.69) is 43.2 Å². The second-order valence-corrected chi connectivity index (χ2v) is 6.80. The van der Waals surface area contributed by atoms with Crippen molar-refractivity contribution in [2.24, 2.45) is 5.92 Å². The average molecular weight is 311 g/mol. The van der Waals surface area contributed by atoms with Gasteiger partial charge in [0, 0.05) is 25.3 Å². The quantitative estimate of drug-likeness (QED) is 0.867. The number of nitrogens with zero attached hydrogens (tertiary/aromatic N) is 3. The highest BCUT2D eigenvalue weighted by Crippen LogP contribution is 2.23. The molecular formula is C19H25N3O. The lowest BCUT2D eigenvalue weighted by Gasteiger charge is -2.16. The van der Waals surface area contributed by atoms with E-state index in [1.807, 2.05) is 28.8 Å². The minimum Gasteiger partial charge on any atom is -0.338 e. The zero-order valence-electron chi connectivity index (χ0n) is 14.2. The van der Waals surface area contributed by atoms with E-state index in [-0.39, 0.29) is 11.9 Å². The van der Waals surface area contributed by atoms with Crippen LogP contribution in [0.5, 0.6) is 0 Å². The van der Waals surface area contributed by atoms with E-state index in [1.165, 1.54) is 5.56 Å². The van der Waals surface area contributed by atoms with Crippen LogP contribution in [0.15, 0.2) is 36.5 Å². The Morgan fingerprint density at radius 1 is 1.30 bits per heavy atom. The molecule has 122 valence electrons. The summed E-state index contributed by atoms with van der Waals surface area (Å²) < 4.78 is 1.88.